The summed E-state index contributed by atoms with van der Waals surface area (Å²) in [5.74, 6) is -0.0446. The number of amides is 1. The van der Waals surface area contributed by atoms with Crippen molar-refractivity contribution in [2.75, 3.05) is 5.88 Å². The van der Waals surface area contributed by atoms with Crippen LogP contribution in [-0.2, 0) is 0 Å². The van der Waals surface area contributed by atoms with Crippen molar-refractivity contribution in [1.29, 1.82) is 0 Å². The second-order valence-electron chi connectivity index (χ2n) is 4.16. The van der Waals surface area contributed by atoms with Crippen LogP contribution in [0.25, 0.3) is 0 Å². The van der Waals surface area contributed by atoms with Gasteiger partial charge in [0.2, 0.25) is 0 Å². The number of nitrogens with one attached hydrogen (secondary N) is 1. The molecule has 1 amide bonds. The van der Waals surface area contributed by atoms with E-state index in [0.29, 0.717) is 5.88 Å². The van der Waals surface area contributed by atoms with Gasteiger partial charge in [0.1, 0.15) is 5.75 Å². The number of hydrogen-bond acceptors (Lipinski definition) is 2. The van der Waals surface area contributed by atoms with Crippen molar-refractivity contribution in [2.45, 2.75) is 25.8 Å². The first kappa shape index (κ1) is 14.3. The highest BCUT2D eigenvalue weighted by Crippen LogP contribution is 2.23. The maximum Gasteiger partial charge on any atom is 0.255 e. The van der Waals surface area contributed by atoms with Gasteiger partial charge in [-0.2, -0.15) is 0 Å². The van der Waals surface area contributed by atoms with Crippen LogP contribution < -0.4 is 5.32 Å². The summed E-state index contributed by atoms with van der Waals surface area (Å²) in [4.78, 5) is 12.0. The van der Waals surface area contributed by atoms with Crippen LogP contribution in [0.4, 0.5) is 0 Å². The Labute approximate surface area is 114 Å². The van der Waals surface area contributed by atoms with Gasteiger partial charge in [-0.05, 0) is 31.5 Å². The second-order valence-corrected chi connectivity index (χ2v) is 5.35. The molecule has 0 saturated carbocycles. The first-order valence-electron chi connectivity index (χ1n) is 5.29. The largest absolute Gasteiger partial charge is 0.507 e. The highest BCUT2D eigenvalue weighted by molar-refractivity contribution is 9.10. The van der Waals surface area contributed by atoms with Gasteiger partial charge in [0, 0.05) is 10.4 Å². The Bertz CT molecular complexity index is 419. The molecule has 0 fully saturated rings. The Morgan fingerprint density at radius 1 is 1.59 bits per heavy atom. The van der Waals surface area contributed by atoms with Gasteiger partial charge in [-0.3, -0.25) is 4.79 Å². The van der Waals surface area contributed by atoms with E-state index in [-0.39, 0.29) is 17.2 Å². The number of rotatable bonds is 4. The van der Waals surface area contributed by atoms with E-state index in [1.807, 2.05) is 13.8 Å². The number of benzene rings is 1. The van der Waals surface area contributed by atoms with Crippen LogP contribution in [0.15, 0.2) is 22.7 Å². The van der Waals surface area contributed by atoms with Crippen LogP contribution in [0.5, 0.6) is 5.75 Å². The second kappa shape index (κ2) is 5.74. The maximum atomic E-state index is 12.0. The third-order valence-corrected chi connectivity index (χ3v) is 3.78. The lowest BCUT2D eigenvalue weighted by Gasteiger charge is -2.27. The number of carbonyl (C=O) groups is 1. The summed E-state index contributed by atoms with van der Waals surface area (Å²) in [5, 5.41) is 12.5. The summed E-state index contributed by atoms with van der Waals surface area (Å²) in [6.45, 7) is 3.82. The number of carbonyl (C=O) groups excluding carboxylic acids is 1. The fourth-order valence-corrected chi connectivity index (χ4v) is 1.86. The molecule has 0 bridgehead atoms. The van der Waals surface area contributed by atoms with Gasteiger partial charge >= 0.3 is 0 Å². The summed E-state index contributed by atoms with van der Waals surface area (Å²) in [6, 6.07) is 4.73. The number of phenolic OH excluding ortho intramolecular Hbond substituents is 1. The van der Waals surface area contributed by atoms with E-state index in [4.69, 9.17) is 11.6 Å². The summed E-state index contributed by atoms with van der Waals surface area (Å²) in [5.41, 5.74) is -0.225. The Hall–Kier alpha value is -0.740. The molecule has 0 aliphatic rings. The Balaban J connectivity index is 2.94. The van der Waals surface area contributed by atoms with Crippen LogP contribution in [0.1, 0.15) is 30.6 Å². The average molecular weight is 321 g/mol. The molecule has 0 aliphatic carbocycles. The molecule has 2 N–H and O–H groups in total. The Kier molecular flexibility index (Phi) is 4.83. The lowest BCUT2D eigenvalue weighted by molar-refractivity contribution is 0.0909. The van der Waals surface area contributed by atoms with E-state index >= 15 is 0 Å². The molecule has 0 heterocycles. The summed E-state index contributed by atoms with van der Waals surface area (Å²) in [7, 11) is 0. The minimum atomic E-state index is -0.465. The summed E-state index contributed by atoms with van der Waals surface area (Å²) < 4.78 is 0.740. The molecular formula is C12H15BrClNO2. The molecule has 94 valence electrons. The zero-order chi connectivity index (χ0) is 13.1. The van der Waals surface area contributed by atoms with Gasteiger partial charge in [-0.1, -0.05) is 22.9 Å². The van der Waals surface area contributed by atoms with Gasteiger partial charge in [-0.25, -0.2) is 0 Å². The minimum Gasteiger partial charge on any atom is -0.507 e. The quantitative estimate of drug-likeness (QED) is 0.836. The van der Waals surface area contributed by atoms with E-state index in [1.165, 1.54) is 6.07 Å². The molecule has 1 rings (SSSR count). The summed E-state index contributed by atoms with van der Waals surface area (Å²) >= 11 is 9.09. The third-order valence-electron chi connectivity index (χ3n) is 2.69. The average Bonchev–Trinajstić information content (AvgIpc) is 2.32. The van der Waals surface area contributed by atoms with Crippen molar-refractivity contribution in [2.24, 2.45) is 0 Å². The number of halogens is 2. The van der Waals surface area contributed by atoms with Crippen molar-refractivity contribution in [3.8, 4) is 5.75 Å². The highest BCUT2D eigenvalue weighted by Gasteiger charge is 2.24. The molecule has 0 saturated heterocycles. The van der Waals surface area contributed by atoms with E-state index in [9.17, 15) is 9.90 Å². The lowest BCUT2D eigenvalue weighted by atomic mass is 10.0. The van der Waals surface area contributed by atoms with Crippen molar-refractivity contribution in [1.82, 2.24) is 5.32 Å². The van der Waals surface area contributed by atoms with Gasteiger partial charge in [0.15, 0.2) is 0 Å². The van der Waals surface area contributed by atoms with Crippen molar-refractivity contribution in [3.05, 3.63) is 28.2 Å². The molecule has 1 aromatic carbocycles. The Morgan fingerprint density at radius 3 is 2.76 bits per heavy atom. The van der Waals surface area contributed by atoms with Gasteiger partial charge in [0.05, 0.1) is 11.1 Å². The molecule has 17 heavy (non-hydrogen) atoms. The molecular weight excluding hydrogens is 305 g/mol. The first-order chi connectivity index (χ1) is 7.91. The standard InChI is InChI=1S/C12H15BrClNO2/c1-3-12(2,7-14)15-11(17)9-6-8(13)4-5-10(9)16/h4-6,16H,3,7H2,1-2H3,(H,15,17). The molecule has 0 spiro atoms. The van der Waals surface area contributed by atoms with Crippen LogP contribution >= 0.6 is 27.5 Å². The van der Waals surface area contributed by atoms with Crippen LogP contribution in [0.3, 0.4) is 0 Å². The number of aromatic hydroxyl groups is 1. The van der Waals surface area contributed by atoms with Crippen LogP contribution in [0.2, 0.25) is 0 Å². The van der Waals surface area contributed by atoms with Crippen molar-refractivity contribution in [3.63, 3.8) is 0 Å². The molecule has 3 nitrogen and oxygen atoms in total. The first-order valence-corrected chi connectivity index (χ1v) is 6.61. The molecule has 5 heteroatoms. The van der Waals surface area contributed by atoms with E-state index < -0.39 is 5.54 Å². The Morgan fingerprint density at radius 2 is 2.24 bits per heavy atom. The zero-order valence-corrected chi connectivity index (χ0v) is 12.1. The molecule has 1 aromatic rings. The van der Waals surface area contributed by atoms with Gasteiger partial charge < -0.3 is 10.4 Å². The summed E-state index contributed by atoms with van der Waals surface area (Å²) in [6.07, 6.45) is 0.719. The van der Waals surface area contributed by atoms with Crippen LogP contribution in [-0.4, -0.2) is 22.4 Å². The fourth-order valence-electron chi connectivity index (χ4n) is 1.25. The van der Waals surface area contributed by atoms with Crippen molar-refractivity contribution >= 4 is 33.4 Å². The van der Waals surface area contributed by atoms with E-state index in [0.717, 1.165) is 10.9 Å². The smallest absolute Gasteiger partial charge is 0.255 e. The molecule has 1 unspecified atom stereocenters. The van der Waals surface area contributed by atoms with Gasteiger partial charge in [-0.15, -0.1) is 11.6 Å². The van der Waals surface area contributed by atoms with E-state index in [1.54, 1.807) is 12.1 Å². The molecule has 0 aliphatic heterocycles. The number of hydrogen-bond donors (Lipinski definition) is 2. The van der Waals surface area contributed by atoms with E-state index in [2.05, 4.69) is 21.2 Å². The van der Waals surface area contributed by atoms with Crippen LogP contribution in [0, 0.1) is 0 Å². The topological polar surface area (TPSA) is 49.3 Å². The minimum absolute atomic E-state index is 0.0428. The number of phenols is 1. The third kappa shape index (κ3) is 3.61. The fraction of sp³-hybridized carbons (Fsp3) is 0.417. The molecule has 0 radical (unpaired) electrons. The normalized spacial score (nSPS) is 14.1. The number of alkyl halides is 1. The zero-order valence-electron chi connectivity index (χ0n) is 9.76. The predicted molar refractivity (Wildman–Crippen MR) is 72.7 cm³/mol. The SMILES string of the molecule is CCC(C)(CCl)NC(=O)c1cc(Br)ccc1O. The molecule has 0 aromatic heterocycles. The predicted octanol–water partition coefficient (Wildman–Crippen LogP) is 3.29. The van der Waals surface area contributed by atoms with Gasteiger partial charge in [0.25, 0.3) is 5.91 Å². The molecule has 1 atom stereocenters. The maximum absolute atomic E-state index is 12.0. The monoisotopic (exact) mass is 319 g/mol. The van der Waals surface area contributed by atoms with Crippen molar-refractivity contribution < 1.29 is 9.90 Å². The lowest BCUT2D eigenvalue weighted by Crippen LogP contribution is -2.47. The highest BCUT2D eigenvalue weighted by atomic mass is 79.9.